The van der Waals surface area contributed by atoms with E-state index in [2.05, 4.69) is 44.3 Å². The zero-order valence-corrected chi connectivity index (χ0v) is 13.1. The van der Waals surface area contributed by atoms with Gasteiger partial charge in [0.15, 0.2) is 0 Å². The summed E-state index contributed by atoms with van der Waals surface area (Å²) in [6.45, 7) is 7.05. The Labute approximate surface area is 126 Å². The molecular weight excluding hydrogens is 262 g/mol. The SMILES string of the molecule is COc1ccc(OC(C)CNc2c(C)cccc2C)cc1. The monoisotopic (exact) mass is 285 g/mol. The van der Waals surface area contributed by atoms with Crippen LogP contribution in [0.4, 0.5) is 5.69 Å². The van der Waals surface area contributed by atoms with Crippen LogP contribution in [0.25, 0.3) is 0 Å². The van der Waals surface area contributed by atoms with E-state index in [4.69, 9.17) is 9.47 Å². The quantitative estimate of drug-likeness (QED) is 0.863. The van der Waals surface area contributed by atoms with E-state index in [1.807, 2.05) is 24.3 Å². The minimum Gasteiger partial charge on any atom is -0.497 e. The molecule has 0 aliphatic carbocycles. The van der Waals surface area contributed by atoms with E-state index in [-0.39, 0.29) is 6.10 Å². The van der Waals surface area contributed by atoms with Crippen molar-refractivity contribution in [3.05, 3.63) is 53.6 Å². The standard InChI is InChI=1S/C18H23NO2/c1-13-6-5-7-14(2)18(13)19-12-15(3)21-17-10-8-16(20-4)9-11-17/h5-11,15,19H,12H2,1-4H3. The van der Waals surface area contributed by atoms with E-state index in [9.17, 15) is 0 Å². The number of hydrogen-bond acceptors (Lipinski definition) is 3. The third kappa shape index (κ3) is 4.15. The Morgan fingerprint density at radius 1 is 0.952 bits per heavy atom. The maximum atomic E-state index is 5.90. The summed E-state index contributed by atoms with van der Waals surface area (Å²) in [7, 11) is 1.66. The van der Waals surface area contributed by atoms with Crippen LogP contribution >= 0.6 is 0 Å². The van der Waals surface area contributed by atoms with Crippen molar-refractivity contribution in [3.63, 3.8) is 0 Å². The fourth-order valence-electron chi connectivity index (χ4n) is 2.27. The Hall–Kier alpha value is -2.16. The van der Waals surface area contributed by atoms with Crippen molar-refractivity contribution < 1.29 is 9.47 Å². The topological polar surface area (TPSA) is 30.5 Å². The van der Waals surface area contributed by atoms with E-state index in [1.165, 1.54) is 16.8 Å². The Morgan fingerprint density at radius 3 is 2.10 bits per heavy atom. The van der Waals surface area contributed by atoms with Gasteiger partial charge in [0.1, 0.15) is 17.6 Å². The normalized spacial score (nSPS) is 11.8. The molecule has 112 valence electrons. The third-order valence-corrected chi connectivity index (χ3v) is 3.44. The highest BCUT2D eigenvalue weighted by molar-refractivity contribution is 5.56. The molecule has 0 radical (unpaired) electrons. The minimum atomic E-state index is 0.0809. The number of aryl methyl sites for hydroxylation is 2. The zero-order valence-electron chi connectivity index (χ0n) is 13.1. The Morgan fingerprint density at radius 2 is 1.52 bits per heavy atom. The molecule has 0 fully saturated rings. The van der Waals surface area contributed by atoms with E-state index in [0.29, 0.717) is 0 Å². The number of nitrogens with one attached hydrogen (secondary N) is 1. The maximum absolute atomic E-state index is 5.90. The van der Waals surface area contributed by atoms with Crippen LogP contribution in [-0.4, -0.2) is 19.8 Å². The lowest BCUT2D eigenvalue weighted by Crippen LogP contribution is -2.23. The summed E-state index contributed by atoms with van der Waals surface area (Å²) < 4.78 is 11.0. The predicted molar refractivity (Wildman–Crippen MR) is 87.5 cm³/mol. The molecule has 0 saturated heterocycles. The van der Waals surface area contributed by atoms with Crippen LogP contribution in [0.5, 0.6) is 11.5 Å². The van der Waals surface area contributed by atoms with Crippen LogP contribution in [0, 0.1) is 13.8 Å². The first-order valence-electron chi connectivity index (χ1n) is 7.21. The number of para-hydroxylation sites is 1. The van der Waals surface area contributed by atoms with Gasteiger partial charge >= 0.3 is 0 Å². The first-order chi connectivity index (χ1) is 10.1. The zero-order chi connectivity index (χ0) is 15.2. The van der Waals surface area contributed by atoms with Gasteiger partial charge in [0.05, 0.1) is 13.7 Å². The second-order valence-electron chi connectivity index (χ2n) is 5.25. The molecular formula is C18H23NO2. The van der Waals surface area contributed by atoms with Gasteiger partial charge in [-0.1, -0.05) is 18.2 Å². The summed E-state index contributed by atoms with van der Waals surface area (Å²) in [5.41, 5.74) is 3.71. The van der Waals surface area contributed by atoms with Crippen LogP contribution in [0.2, 0.25) is 0 Å². The largest absolute Gasteiger partial charge is 0.497 e. The number of benzene rings is 2. The van der Waals surface area contributed by atoms with Crippen molar-refractivity contribution in [2.75, 3.05) is 19.0 Å². The average molecular weight is 285 g/mol. The van der Waals surface area contributed by atoms with Crippen molar-refractivity contribution in [3.8, 4) is 11.5 Å². The van der Waals surface area contributed by atoms with Crippen LogP contribution in [0.1, 0.15) is 18.1 Å². The lowest BCUT2D eigenvalue weighted by Gasteiger charge is -2.18. The molecule has 1 unspecified atom stereocenters. The molecule has 1 N–H and O–H groups in total. The first-order valence-corrected chi connectivity index (χ1v) is 7.21. The molecule has 2 aromatic rings. The Bertz CT molecular complexity index is 558. The van der Waals surface area contributed by atoms with Crippen molar-refractivity contribution >= 4 is 5.69 Å². The molecule has 1 atom stereocenters. The molecule has 0 bridgehead atoms. The van der Waals surface area contributed by atoms with E-state index in [0.717, 1.165) is 18.0 Å². The molecule has 0 aromatic heterocycles. The highest BCUT2D eigenvalue weighted by atomic mass is 16.5. The Balaban J connectivity index is 1.91. The highest BCUT2D eigenvalue weighted by Gasteiger charge is 2.07. The summed E-state index contributed by atoms with van der Waals surface area (Å²) >= 11 is 0. The molecule has 0 aliphatic heterocycles. The molecule has 21 heavy (non-hydrogen) atoms. The van der Waals surface area contributed by atoms with Gasteiger partial charge in [0.25, 0.3) is 0 Å². The van der Waals surface area contributed by atoms with E-state index >= 15 is 0 Å². The van der Waals surface area contributed by atoms with Gasteiger partial charge in [0, 0.05) is 5.69 Å². The fraction of sp³-hybridized carbons (Fsp3) is 0.333. The van der Waals surface area contributed by atoms with Crippen LogP contribution in [-0.2, 0) is 0 Å². The molecule has 0 saturated carbocycles. The molecule has 3 heteroatoms. The van der Waals surface area contributed by atoms with Crippen LogP contribution in [0.15, 0.2) is 42.5 Å². The number of anilines is 1. The maximum Gasteiger partial charge on any atom is 0.120 e. The van der Waals surface area contributed by atoms with Crippen molar-refractivity contribution in [2.24, 2.45) is 0 Å². The summed E-state index contributed by atoms with van der Waals surface area (Å²) in [6.07, 6.45) is 0.0809. The molecule has 2 aromatic carbocycles. The lowest BCUT2D eigenvalue weighted by atomic mass is 10.1. The van der Waals surface area contributed by atoms with E-state index in [1.54, 1.807) is 7.11 Å². The second kappa shape index (κ2) is 7.02. The fourth-order valence-corrected chi connectivity index (χ4v) is 2.27. The average Bonchev–Trinajstić information content (AvgIpc) is 2.47. The minimum absolute atomic E-state index is 0.0809. The van der Waals surface area contributed by atoms with E-state index < -0.39 is 0 Å². The molecule has 0 spiro atoms. The summed E-state index contributed by atoms with van der Waals surface area (Å²) in [5, 5.41) is 3.47. The smallest absolute Gasteiger partial charge is 0.120 e. The van der Waals surface area contributed by atoms with Crippen molar-refractivity contribution in [1.82, 2.24) is 0 Å². The Kier molecular flexibility index (Phi) is 5.09. The van der Waals surface area contributed by atoms with Gasteiger partial charge in [-0.25, -0.2) is 0 Å². The first kappa shape index (κ1) is 15.2. The molecule has 3 nitrogen and oxygen atoms in total. The highest BCUT2D eigenvalue weighted by Crippen LogP contribution is 2.21. The summed E-state index contributed by atoms with van der Waals surface area (Å²) in [5.74, 6) is 1.69. The van der Waals surface area contributed by atoms with Crippen molar-refractivity contribution in [1.29, 1.82) is 0 Å². The van der Waals surface area contributed by atoms with Gasteiger partial charge in [-0.05, 0) is 56.2 Å². The number of methoxy groups -OCH3 is 1. The predicted octanol–water partition coefficient (Wildman–Crippen LogP) is 4.19. The van der Waals surface area contributed by atoms with Gasteiger partial charge in [-0.2, -0.15) is 0 Å². The summed E-state index contributed by atoms with van der Waals surface area (Å²) in [4.78, 5) is 0. The van der Waals surface area contributed by atoms with Gasteiger partial charge in [-0.3, -0.25) is 0 Å². The van der Waals surface area contributed by atoms with Gasteiger partial charge in [0.2, 0.25) is 0 Å². The number of rotatable bonds is 6. The van der Waals surface area contributed by atoms with Crippen LogP contribution < -0.4 is 14.8 Å². The van der Waals surface area contributed by atoms with Crippen LogP contribution in [0.3, 0.4) is 0 Å². The summed E-state index contributed by atoms with van der Waals surface area (Å²) in [6, 6.07) is 14.0. The van der Waals surface area contributed by atoms with Crippen molar-refractivity contribution in [2.45, 2.75) is 26.9 Å². The second-order valence-corrected chi connectivity index (χ2v) is 5.25. The third-order valence-electron chi connectivity index (χ3n) is 3.44. The van der Waals surface area contributed by atoms with Gasteiger partial charge in [-0.15, -0.1) is 0 Å². The molecule has 0 heterocycles. The number of ether oxygens (including phenoxy) is 2. The number of hydrogen-bond donors (Lipinski definition) is 1. The molecule has 0 amide bonds. The molecule has 2 rings (SSSR count). The molecule has 0 aliphatic rings. The lowest BCUT2D eigenvalue weighted by molar-refractivity contribution is 0.234. The van der Waals surface area contributed by atoms with Gasteiger partial charge < -0.3 is 14.8 Å².